The number of rotatable bonds is 1. The third-order valence-electron chi connectivity index (χ3n) is 6.63. The quantitative estimate of drug-likeness (QED) is 0.447. The van der Waals surface area contributed by atoms with Gasteiger partial charge in [0.05, 0.1) is 11.2 Å². The van der Waals surface area contributed by atoms with E-state index in [0.29, 0.717) is 0 Å². The van der Waals surface area contributed by atoms with Gasteiger partial charge in [0.1, 0.15) is 0 Å². The summed E-state index contributed by atoms with van der Waals surface area (Å²) >= 11 is 0. The van der Waals surface area contributed by atoms with Crippen molar-refractivity contribution in [3.63, 3.8) is 0 Å². The maximum Gasteiger partial charge on any atom is 0.0538 e. The first-order valence-corrected chi connectivity index (χ1v) is 10.6. The fourth-order valence-electron chi connectivity index (χ4n) is 5.35. The van der Waals surface area contributed by atoms with Gasteiger partial charge in [-0.15, -0.1) is 0 Å². The average Bonchev–Trinajstić information content (AvgIpc) is 3.07. The lowest BCUT2D eigenvalue weighted by molar-refractivity contribution is 0.873. The fraction of sp³-hybridized carbons (Fsp3) is 0.259. The van der Waals surface area contributed by atoms with Gasteiger partial charge in [-0.05, 0) is 80.3 Å². The van der Waals surface area contributed by atoms with E-state index in [2.05, 4.69) is 72.2 Å². The lowest BCUT2D eigenvalue weighted by Gasteiger charge is -2.25. The maximum atomic E-state index is 2.58. The Hall–Kier alpha value is -2.80. The minimum atomic E-state index is 1.12. The molecule has 1 aromatic heterocycles. The van der Waals surface area contributed by atoms with E-state index in [1.807, 2.05) is 0 Å². The minimum Gasteiger partial charge on any atom is -0.312 e. The van der Waals surface area contributed by atoms with Crippen LogP contribution in [-0.4, -0.2) is 4.57 Å². The summed E-state index contributed by atoms with van der Waals surface area (Å²) in [6.45, 7) is 2.20. The van der Waals surface area contributed by atoms with Gasteiger partial charge in [0.25, 0.3) is 0 Å². The van der Waals surface area contributed by atoms with Gasteiger partial charge in [-0.25, -0.2) is 0 Å². The van der Waals surface area contributed by atoms with Crippen molar-refractivity contribution in [3.8, 4) is 5.69 Å². The Balaban J connectivity index is 1.73. The van der Waals surface area contributed by atoms with Crippen LogP contribution in [0.25, 0.3) is 34.8 Å². The standard InChI is InChI=1S/C27H25N/c1-18-14-15-26-24(16-18)23-12-6-7-13-25(23)28(26)27-17-19-8-2-3-9-20(19)21-10-4-5-11-22(21)27/h3,5-6,9,11-12,14-17H,2,4,7-8,10,13H2,1H3. The van der Waals surface area contributed by atoms with Crippen molar-refractivity contribution in [1.82, 2.24) is 4.57 Å². The third kappa shape index (κ3) is 2.26. The van der Waals surface area contributed by atoms with E-state index in [4.69, 9.17) is 0 Å². The van der Waals surface area contributed by atoms with Gasteiger partial charge in [-0.2, -0.15) is 0 Å². The summed E-state index contributed by atoms with van der Waals surface area (Å²) < 4.78 is 2.58. The molecule has 0 saturated heterocycles. The molecule has 0 aliphatic heterocycles. The second-order valence-corrected chi connectivity index (χ2v) is 8.40. The Kier molecular flexibility index (Phi) is 3.53. The average molecular weight is 364 g/mol. The molecule has 2 aromatic carbocycles. The minimum absolute atomic E-state index is 1.12. The topological polar surface area (TPSA) is 4.93 Å². The number of aryl methyl sites for hydroxylation is 2. The van der Waals surface area contributed by atoms with Gasteiger partial charge < -0.3 is 4.57 Å². The van der Waals surface area contributed by atoms with Crippen LogP contribution in [0.15, 0.2) is 42.5 Å². The highest BCUT2D eigenvalue weighted by Crippen LogP contribution is 2.40. The Morgan fingerprint density at radius 3 is 2.39 bits per heavy atom. The third-order valence-corrected chi connectivity index (χ3v) is 6.63. The molecule has 0 amide bonds. The molecule has 1 nitrogen and oxygen atoms in total. The maximum absolute atomic E-state index is 2.58. The lowest BCUT2D eigenvalue weighted by atomic mass is 9.84. The van der Waals surface area contributed by atoms with Crippen LogP contribution in [0.5, 0.6) is 0 Å². The lowest BCUT2D eigenvalue weighted by Crippen LogP contribution is -2.11. The van der Waals surface area contributed by atoms with Gasteiger partial charge in [-0.3, -0.25) is 0 Å². The molecule has 0 N–H and O–H groups in total. The van der Waals surface area contributed by atoms with Crippen molar-refractivity contribution in [2.45, 2.75) is 45.4 Å². The van der Waals surface area contributed by atoms with Gasteiger partial charge in [0.15, 0.2) is 0 Å². The highest BCUT2D eigenvalue weighted by atomic mass is 15.0. The smallest absolute Gasteiger partial charge is 0.0538 e. The molecule has 0 bridgehead atoms. The van der Waals surface area contributed by atoms with Crippen LogP contribution in [0.4, 0.5) is 0 Å². The molecule has 0 saturated carbocycles. The van der Waals surface area contributed by atoms with Gasteiger partial charge in [0.2, 0.25) is 0 Å². The molecule has 3 aliphatic carbocycles. The normalized spacial score (nSPS) is 16.9. The molecule has 0 atom stereocenters. The van der Waals surface area contributed by atoms with Crippen molar-refractivity contribution in [1.29, 1.82) is 0 Å². The monoisotopic (exact) mass is 363 g/mol. The Morgan fingerprint density at radius 2 is 1.50 bits per heavy atom. The summed E-state index contributed by atoms with van der Waals surface area (Å²) in [5, 5.41) is 1.40. The Labute approximate surface area is 166 Å². The summed E-state index contributed by atoms with van der Waals surface area (Å²) in [5.74, 6) is 0. The predicted octanol–water partition coefficient (Wildman–Crippen LogP) is 6.82. The number of hydrogen-bond acceptors (Lipinski definition) is 0. The molecule has 0 fully saturated rings. The van der Waals surface area contributed by atoms with Crippen LogP contribution in [-0.2, 0) is 19.3 Å². The van der Waals surface area contributed by atoms with Crippen molar-refractivity contribution >= 4 is 29.1 Å². The van der Waals surface area contributed by atoms with Gasteiger partial charge in [-0.1, -0.05) is 48.1 Å². The molecule has 0 radical (unpaired) electrons. The molecule has 3 aliphatic rings. The van der Waals surface area contributed by atoms with Crippen LogP contribution >= 0.6 is 0 Å². The first kappa shape index (κ1) is 16.2. The van der Waals surface area contributed by atoms with E-state index in [0.717, 1.165) is 38.5 Å². The van der Waals surface area contributed by atoms with E-state index in [-0.39, 0.29) is 0 Å². The van der Waals surface area contributed by atoms with Crippen LogP contribution < -0.4 is 0 Å². The van der Waals surface area contributed by atoms with Gasteiger partial charge >= 0.3 is 0 Å². The zero-order valence-corrected chi connectivity index (χ0v) is 16.5. The molecule has 138 valence electrons. The van der Waals surface area contributed by atoms with E-state index < -0.39 is 0 Å². The van der Waals surface area contributed by atoms with Crippen LogP contribution in [0.1, 0.15) is 58.3 Å². The second kappa shape index (κ2) is 6.10. The molecular weight excluding hydrogens is 338 g/mol. The number of hydrogen-bond donors (Lipinski definition) is 0. The summed E-state index contributed by atoms with van der Waals surface area (Å²) in [6, 6.07) is 9.45. The molecule has 1 heterocycles. The van der Waals surface area contributed by atoms with Gasteiger partial charge in [0, 0.05) is 22.2 Å². The first-order chi connectivity index (χ1) is 13.8. The highest BCUT2D eigenvalue weighted by molar-refractivity contribution is 5.94. The highest BCUT2D eigenvalue weighted by Gasteiger charge is 2.24. The summed E-state index contributed by atoms with van der Waals surface area (Å²) in [4.78, 5) is 0. The molecule has 0 unspecified atom stereocenters. The summed E-state index contributed by atoms with van der Waals surface area (Å²) in [5.41, 5.74) is 13.0. The van der Waals surface area contributed by atoms with Crippen molar-refractivity contribution in [2.24, 2.45) is 0 Å². The number of fused-ring (bicyclic) bond motifs is 6. The Morgan fingerprint density at radius 1 is 0.750 bits per heavy atom. The van der Waals surface area contributed by atoms with E-state index in [9.17, 15) is 0 Å². The van der Waals surface area contributed by atoms with E-state index in [1.165, 1.54) is 50.1 Å². The predicted molar refractivity (Wildman–Crippen MR) is 120 cm³/mol. The molecule has 3 aromatic rings. The van der Waals surface area contributed by atoms with Crippen molar-refractivity contribution in [2.75, 3.05) is 0 Å². The van der Waals surface area contributed by atoms with E-state index >= 15 is 0 Å². The molecule has 28 heavy (non-hydrogen) atoms. The number of allylic oxidation sites excluding steroid dienone is 3. The van der Waals surface area contributed by atoms with Crippen molar-refractivity contribution in [3.05, 3.63) is 81.6 Å². The van der Waals surface area contributed by atoms with Crippen molar-refractivity contribution < 1.29 is 0 Å². The van der Waals surface area contributed by atoms with Crippen LogP contribution in [0.3, 0.4) is 0 Å². The molecular formula is C27H25N. The number of nitrogens with zero attached hydrogens (tertiary/aromatic N) is 1. The zero-order chi connectivity index (χ0) is 18.7. The number of aromatic nitrogens is 1. The van der Waals surface area contributed by atoms with Crippen LogP contribution in [0.2, 0.25) is 0 Å². The zero-order valence-electron chi connectivity index (χ0n) is 16.5. The molecule has 6 rings (SSSR count). The fourth-order valence-corrected chi connectivity index (χ4v) is 5.35. The summed E-state index contributed by atoms with van der Waals surface area (Å²) in [7, 11) is 0. The van der Waals surface area contributed by atoms with E-state index in [1.54, 1.807) is 5.56 Å². The Bertz CT molecular complexity index is 1210. The molecule has 0 spiro atoms. The second-order valence-electron chi connectivity index (χ2n) is 8.40. The van der Waals surface area contributed by atoms with Crippen LogP contribution in [0, 0.1) is 6.92 Å². The number of benzene rings is 2. The molecule has 1 heteroatoms. The first-order valence-electron chi connectivity index (χ1n) is 10.6. The largest absolute Gasteiger partial charge is 0.312 e. The summed E-state index contributed by atoms with van der Waals surface area (Å²) in [6.07, 6.45) is 21.0. The SMILES string of the molecule is Cc1ccc2c(c1)c1c(n2-c2cc3c(c4c2C=CCC4)C=CCC3)CCC=C1.